The summed E-state index contributed by atoms with van der Waals surface area (Å²) in [6, 6.07) is -0.0480. The van der Waals surface area contributed by atoms with Crippen LogP contribution >= 0.6 is 11.6 Å². The minimum Gasteiger partial charge on any atom is -0.212 e. The summed E-state index contributed by atoms with van der Waals surface area (Å²) in [5.41, 5.74) is -0.0755. The van der Waals surface area contributed by atoms with Gasteiger partial charge in [-0.15, -0.1) is 11.6 Å². The van der Waals surface area contributed by atoms with Crippen molar-refractivity contribution in [1.82, 2.24) is 4.31 Å². The van der Waals surface area contributed by atoms with Crippen LogP contribution in [-0.2, 0) is 10.0 Å². The standard InChI is InChI=1S/C10H22ClNO2S/c1-8(7-11)15(13,14)12(6)9(2)10(3,4)5/h8-9H,7H2,1-6H3. The SMILES string of the molecule is CC(N(C)S(=O)(=O)C(C)CCl)C(C)(C)C. The third kappa shape index (κ3) is 3.61. The molecule has 0 aliphatic rings. The zero-order valence-electron chi connectivity index (χ0n) is 10.4. The Balaban J connectivity index is 4.94. The molecule has 0 N–H and O–H groups in total. The Bertz CT molecular complexity index is 295. The highest BCUT2D eigenvalue weighted by Crippen LogP contribution is 2.26. The van der Waals surface area contributed by atoms with Gasteiger partial charge in [-0.1, -0.05) is 20.8 Å². The second-order valence-electron chi connectivity index (χ2n) is 5.07. The maximum Gasteiger partial charge on any atom is 0.217 e. The maximum absolute atomic E-state index is 12.0. The van der Waals surface area contributed by atoms with Crippen LogP contribution in [0.3, 0.4) is 0 Å². The van der Waals surface area contributed by atoms with Crippen LogP contribution in [0.5, 0.6) is 0 Å². The van der Waals surface area contributed by atoms with Crippen molar-refractivity contribution in [2.24, 2.45) is 5.41 Å². The fourth-order valence-corrected chi connectivity index (χ4v) is 3.09. The molecule has 15 heavy (non-hydrogen) atoms. The van der Waals surface area contributed by atoms with Crippen LogP contribution in [0, 0.1) is 5.41 Å². The summed E-state index contributed by atoms with van der Waals surface area (Å²) in [5.74, 6) is 0.129. The highest BCUT2D eigenvalue weighted by Gasteiger charge is 2.34. The third-order valence-electron chi connectivity index (χ3n) is 2.93. The van der Waals surface area contributed by atoms with Crippen LogP contribution in [0.1, 0.15) is 34.6 Å². The first kappa shape index (κ1) is 15.2. The zero-order chi connectivity index (χ0) is 12.4. The Morgan fingerprint density at radius 2 is 1.67 bits per heavy atom. The molecule has 3 nitrogen and oxygen atoms in total. The molecule has 0 aliphatic heterocycles. The van der Waals surface area contributed by atoms with E-state index in [-0.39, 0.29) is 17.3 Å². The fraction of sp³-hybridized carbons (Fsp3) is 1.00. The summed E-state index contributed by atoms with van der Waals surface area (Å²) in [6.07, 6.45) is 0. The van der Waals surface area contributed by atoms with E-state index < -0.39 is 15.3 Å². The van der Waals surface area contributed by atoms with Crippen LogP contribution in [-0.4, -0.2) is 36.9 Å². The topological polar surface area (TPSA) is 37.4 Å². The van der Waals surface area contributed by atoms with Crippen molar-refractivity contribution in [2.45, 2.75) is 45.9 Å². The molecule has 0 bridgehead atoms. The molecule has 0 spiro atoms. The summed E-state index contributed by atoms with van der Waals surface area (Å²) in [4.78, 5) is 0. The van der Waals surface area contributed by atoms with Crippen LogP contribution in [0.15, 0.2) is 0 Å². The Morgan fingerprint density at radius 1 is 1.27 bits per heavy atom. The number of halogens is 1. The molecule has 0 saturated heterocycles. The molecule has 0 aromatic heterocycles. The first-order valence-corrected chi connectivity index (χ1v) is 7.11. The van der Waals surface area contributed by atoms with E-state index in [0.29, 0.717) is 0 Å². The normalized spacial score (nSPS) is 17.9. The Hall–Kier alpha value is 0.200. The van der Waals surface area contributed by atoms with E-state index in [4.69, 9.17) is 11.6 Å². The number of sulfonamides is 1. The Kier molecular flexibility index (Phi) is 5.09. The quantitative estimate of drug-likeness (QED) is 0.723. The van der Waals surface area contributed by atoms with Crippen LogP contribution in [0.25, 0.3) is 0 Å². The minimum absolute atomic E-state index is 0.0480. The van der Waals surface area contributed by atoms with Gasteiger partial charge in [0.25, 0.3) is 0 Å². The molecule has 0 saturated carbocycles. The smallest absolute Gasteiger partial charge is 0.212 e. The molecular formula is C10H22ClNO2S. The second-order valence-corrected chi connectivity index (χ2v) is 7.79. The van der Waals surface area contributed by atoms with Crippen molar-refractivity contribution in [1.29, 1.82) is 0 Å². The summed E-state index contributed by atoms with van der Waals surface area (Å²) in [7, 11) is -1.65. The van der Waals surface area contributed by atoms with E-state index in [9.17, 15) is 8.42 Å². The average molecular weight is 256 g/mol. The molecule has 2 atom stereocenters. The summed E-state index contributed by atoms with van der Waals surface area (Å²) >= 11 is 5.59. The van der Waals surface area contributed by atoms with Gasteiger partial charge in [0, 0.05) is 19.0 Å². The lowest BCUT2D eigenvalue weighted by atomic mass is 9.88. The average Bonchev–Trinajstić information content (AvgIpc) is 2.12. The van der Waals surface area contributed by atoms with E-state index in [1.54, 1.807) is 14.0 Å². The predicted molar refractivity (Wildman–Crippen MR) is 65.8 cm³/mol. The lowest BCUT2D eigenvalue weighted by Gasteiger charge is -2.35. The third-order valence-corrected chi connectivity index (χ3v) is 5.87. The summed E-state index contributed by atoms with van der Waals surface area (Å²) in [5, 5.41) is -0.533. The highest BCUT2D eigenvalue weighted by molar-refractivity contribution is 7.89. The van der Waals surface area contributed by atoms with Crippen LogP contribution in [0.4, 0.5) is 0 Å². The van der Waals surface area contributed by atoms with Gasteiger partial charge < -0.3 is 0 Å². The molecule has 0 aromatic carbocycles. The molecule has 0 rings (SSSR count). The van der Waals surface area contributed by atoms with Crippen molar-refractivity contribution >= 4 is 21.6 Å². The lowest BCUT2D eigenvalue weighted by Crippen LogP contribution is -2.46. The minimum atomic E-state index is -3.27. The largest absolute Gasteiger partial charge is 0.217 e. The van der Waals surface area contributed by atoms with Gasteiger partial charge in [0.15, 0.2) is 0 Å². The molecule has 0 aromatic rings. The van der Waals surface area contributed by atoms with E-state index in [2.05, 4.69) is 0 Å². The van der Waals surface area contributed by atoms with Gasteiger partial charge in [-0.25, -0.2) is 12.7 Å². The molecule has 5 heteroatoms. The molecule has 92 valence electrons. The predicted octanol–water partition coefficient (Wildman–Crippen LogP) is 2.31. The van der Waals surface area contributed by atoms with Gasteiger partial charge in [-0.05, 0) is 19.3 Å². The van der Waals surface area contributed by atoms with Gasteiger partial charge in [-0.3, -0.25) is 0 Å². The molecule has 0 fully saturated rings. The lowest BCUT2D eigenvalue weighted by molar-refractivity contribution is 0.215. The highest BCUT2D eigenvalue weighted by atomic mass is 35.5. The van der Waals surface area contributed by atoms with Gasteiger partial charge in [0.2, 0.25) is 10.0 Å². The molecule has 0 aliphatic carbocycles. The van der Waals surface area contributed by atoms with E-state index in [1.807, 2.05) is 27.7 Å². The Labute approximate surface area is 98.8 Å². The molecule has 0 heterocycles. The number of hydrogen-bond donors (Lipinski definition) is 0. The van der Waals surface area contributed by atoms with Gasteiger partial charge in [-0.2, -0.15) is 0 Å². The van der Waals surface area contributed by atoms with Crippen LogP contribution in [0.2, 0.25) is 0 Å². The number of hydrogen-bond acceptors (Lipinski definition) is 2. The van der Waals surface area contributed by atoms with Crippen molar-refractivity contribution in [3.63, 3.8) is 0 Å². The fourth-order valence-electron chi connectivity index (χ4n) is 1.13. The van der Waals surface area contributed by atoms with Gasteiger partial charge in [0.1, 0.15) is 0 Å². The van der Waals surface area contributed by atoms with Crippen molar-refractivity contribution in [3.8, 4) is 0 Å². The Morgan fingerprint density at radius 3 is 1.93 bits per heavy atom. The first-order valence-electron chi connectivity index (χ1n) is 5.08. The maximum atomic E-state index is 12.0. The van der Waals surface area contributed by atoms with Gasteiger partial charge in [0.05, 0.1) is 5.25 Å². The second kappa shape index (κ2) is 5.02. The zero-order valence-corrected chi connectivity index (χ0v) is 12.0. The number of nitrogens with zero attached hydrogens (tertiary/aromatic N) is 1. The summed E-state index contributed by atoms with van der Waals surface area (Å²) in [6.45, 7) is 9.62. The van der Waals surface area contributed by atoms with E-state index >= 15 is 0 Å². The van der Waals surface area contributed by atoms with Crippen molar-refractivity contribution in [3.05, 3.63) is 0 Å². The molecule has 0 amide bonds. The van der Waals surface area contributed by atoms with Crippen LogP contribution < -0.4 is 0 Å². The first-order chi connectivity index (χ1) is 6.55. The van der Waals surface area contributed by atoms with Gasteiger partial charge >= 0.3 is 0 Å². The van der Waals surface area contributed by atoms with E-state index in [0.717, 1.165) is 0 Å². The molecular weight excluding hydrogens is 234 g/mol. The van der Waals surface area contributed by atoms with E-state index in [1.165, 1.54) is 4.31 Å². The molecule has 2 unspecified atom stereocenters. The number of rotatable bonds is 4. The van der Waals surface area contributed by atoms with Crippen molar-refractivity contribution < 1.29 is 8.42 Å². The number of alkyl halides is 1. The molecule has 0 radical (unpaired) electrons. The summed E-state index contributed by atoms with van der Waals surface area (Å²) < 4.78 is 25.4. The van der Waals surface area contributed by atoms with Crippen molar-refractivity contribution in [2.75, 3.05) is 12.9 Å². The monoisotopic (exact) mass is 255 g/mol.